The van der Waals surface area contributed by atoms with Gasteiger partial charge < -0.3 is 10.6 Å². The van der Waals surface area contributed by atoms with Gasteiger partial charge in [0.2, 0.25) is 0 Å². The number of para-hydroxylation sites is 1. The van der Waals surface area contributed by atoms with Gasteiger partial charge in [0.15, 0.2) is 0 Å². The van der Waals surface area contributed by atoms with Gasteiger partial charge >= 0.3 is 0 Å². The number of aryl methyl sites for hydroxylation is 2. The quantitative estimate of drug-likeness (QED) is 0.445. The van der Waals surface area contributed by atoms with Gasteiger partial charge in [0.1, 0.15) is 0 Å². The summed E-state index contributed by atoms with van der Waals surface area (Å²) in [6, 6.07) is 6.82. The Morgan fingerprint density at radius 2 is 1.79 bits per heavy atom. The number of nitrogens with one attached hydrogen (secondary N) is 2. The second kappa shape index (κ2) is 5.89. The van der Waals surface area contributed by atoms with Crippen molar-refractivity contribution in [1.82, 2.24) is 5.32 Å². The van der Waals surface area contributed by atoms with Gasteiger partial charge in [0, 0.05) is 18.8 Å². The first-order chi connectivity index (χ1) is 6.75. The molecule has 0 radical (unpaired) electrons. The topological polar surface area (TPSA) is 24.1 Å². The van der Waals surface area contributed by atoms with Gasteiger partial charge in [0.25, 0.3) is 0 Å². The monoisotopic (exact) mass is 212 g/mol. The highest BCUT2D eigenvalue weighted by Crippen LogP contribution is 2.18. The second-order valence-corrected chi connectivity index (χ2v) is 3.59. The van der Waals surface area contributed by atoms with Crippen LogP contribution >= 0.6 is 11.6 Å². The van der Waals surface area contributed by atoms with Crippen molar-refractivity contribution in [2.45, 2.75) is 13.8 Å². The zero-order valence-corrected chi connectivity index (χ0v) is 9.49. The molecule has 0 aliphatic rings. The predicted octanol–water partition coefficient (Wildman–Crippen LogP) is 2.50. The molecule has 0 bridgehead atoms. The van der Waals surface area contributed by atoms with E-state index in [1.165, 1.54) is 16.8 Å². The van der Waals surface area contributed by atoms with Crippen LogP contribution in [0.3, 0.4) is 0 Å². The zero-order chi connectivity index (χ0) is 10.4. The summed E-state index contributed by atoms with van der Waals surface area (Å²) in [6.45, 7) is 6.02. The lowest BCUT2D eigenvalue weighted by molar-refractivity contribution is 0.799. The highest BCUT2D eigenvalue weighted by Gasteiger charge is 1.99. The lowest BCUT2D eigenvalue weighted by Gasteiger charge is -2.12. The molecule has 0 aromatic heterocycles. The van der Waals surface area contributed by atoms with Crippen molar-refractivity contribution >= 4 is 17.3 Å². The normalized spacial score (nSPS) is 10.2. The van der Waals surface area contributed by atoms with E-state index in [9.17, 15) is 0 Å². The fraction of sp³-hybridized carbons (Fsp3) is 0.455. The van der Waals surface area contributed by atoms with Gasteiger partial charge in [-0.25, -0.2) is 0 Å². The molecule has 0 heterocycles. The summed E-state index contributed by atoms with van der Waals surface area (Å²) in [5.74, 6) is 0. The van der Waals surface area contributed by atoms with E-state index in [1.807, 2.05) is 0 Å². The van der Waals surface area contributed by atoms with Gasteiger partial charge in [-0.1, -0.05) is 18.2 Å². The highest BCUT2D eigenvalue weighted by atomic mass is 35.5. The third kappa shape index (κ3) is 3.20. The van der Waals surface area contributed by atoms with E-state index in [0.29, 0.717) is 6.00 Å². The van der Waals surface area contributed by atoms with E-state index in [4.69, 9.17) is 11.6 Å². The summed E-state index contributed by atoms with van der Waals surface area (Å²) in [7, 11) is 0. The standard InChI is InChI=1S/C11H17ClN2/c1-9-4-3-5-10(2)11(9)14-7-6-13-8-12/h3-5,13-14H,6-8H2,1-2H3. The van der Waals surface area contributed by atoms with Gasteiger partial charge in [-0.15, -0.1) is 11.6 Å². The Bertz CT molecular complexity index is 266. The Labute approximate surface area is 90.7 Å². The highest BCUT2D eigenvalue weighted by molar-refractivity contribution is 6.17. The van der Waals surface area contributed by atoms with Crippen LogP contribution in [0.15, 0.2) is 18.2 Å². The van der Waals surface area contributed by atoms with Crippen molar-refractivity contribution < 1.29 is 0 Å². The molecular weight excluding hydrogens is 196 g/mol. The van der Waals surface area contributed by atoms with Crippen molar-refractivity contribution in [2.24, 2.45) is 0 Å². The lowest BCUT2D eigenvalue weighted by atomic mass is 10.1. The maximum atomic E-state index is 5.51. The molecular formula is C11H17ClN2. The number of hydrogen-bond donors (Lipinski definition) is 2. The number of alkyl halides is 1. The summed E-state index contributed by atoms with van der Waals surface area (Å²) in [5.41, 5.74) is 3.82. The Morgan fingerprint density at radius 1 is 1.14 bits per heavy atom. The van der Waals surface area contributed by atoms with Crippen LogP contribution in [-0.4, -0.2) is 19.1 Å². The molecule has 1 aromatic rings. The van der Waals surface area contributed by atoms with Crippen molar-refractivity contribution in [3.8, 4) is 0 Å². The molecule has 0 fully saturated rings. The molecule has 0 amide bonds. The van der Waals surface area contributed by atoms with Crippen LogP contribution in [-0.2, 0) is 0 Å². The maximum Gasteiger partial charge on any atom is 0.0714 e. The Hall–Kier alpha value is -0.730. The average molecular weight is 213 g/mol. The van der Waals surface area contributed by atoms with E-state index in [-0.39, 0.29) is 0 Å². The molecule has 0 aliphatic carbocycles. The van der Waals surface area contributed by atoms with Crippen LogP contribution in [0, 0.1) is 13.8 Å². The first-order valence-corrected chi connectivity index (χ1v) is 5.36. The minimum absolute atomic E-state index is 0.508. The Balaban J connectivity index is 2.49. The van der Waals surface area contributed by atoms with E-state index >= 15 is 0 Å². The lowest BCUT2D eigenvalue weighted by Crippen LogP contribution is -2.21. The molecule has 0 spiro atoms. The fourth-order valence-corrected chi connectivity index (χ4v) is 1.57. The summed E-state index contributed by atoms with van der Waals surface area (Å²) in [6.07, 6.45) is 0. The zero-order valence-electron chi connectivity index (χ0n) is 8.73. The number of anilines is 1. The molecule has 2 nitrogen and oxygen atoms in total. The molecule has 0 saturated carbocycles. The molecule has 78 valence electrons. The first-order valence-electron chi connectivity index (χ1n) is 4.82. The van der Waals surface area contributed by atoms with E-state index < -0.39 is 0 Å². The average Bonchev–Trinajstić information content (AvgIpc) is 2.16. The molecule has 0 unspecified atom stereocenters. The molecule has 3 heteroatoms. The van der Waals surface area contributed by atoms with Crippen LogP contribution in [0.5, 0.6) is 0 Å². The Morgan fingerprint density at radius 3 is 2.36 bits per heavy atom. The smallest absolute Gasteiger partial charge is 0.0714 e. The second-order valence-electron chi connectivity index (χ2n) is 3.33. The maximum absolute atomic E-state index is 5.51. The van der Waals surface area contributed by atoms with Gasteiger partial charge in [-0.3, -0.25) is 0 Å². The summed E-state index contributed by atoms with van der Waals surface area (Å²) < 4.78 is 0. The van der Waals surface area contributed by atoms with Crippen molar-refractivity contribution in [3.05, 3.63) is 29.3 Å². The van der Waals surface area contributed by atoms with Gasteiger partial charge in [-0.2, -0.15) is 0 Å². The van der Waals surface area contributed by atoms with Crippen LogP contribution in [0.25, 0.3) is 0 Å². The first kappa shape index (κ1) is 11.3. The van der Waals surface area contributed by atoms with E-state index in [0.717, 1.165) is 13.1 Å². The largest absolute Gasteiger partial charge is 0.383 e. The molecule has 2 N–H and O–H groups in total. The molecule has 0 saturated heterocycles. The van der Waals surface area contributed by atoms with Gasteiger partial charge in [0.05, 0.1) is 6.00 Å². The van der Waals surface area contributed by atoms with Crippen LogP contribution in [0.4, 0.5) is 5.69 Å². The van der Waals surface area contributed by atoms with E-state index in [1.54, 1.807) is 0 Å². The van der Waals surface area contributed by atoms with Gasteiger partial charge in [-0.05, 0) is 25.0 Å². The fourth-order valence-electron chi connectivity index (χ4n) is 1.44. The third-order valence-corrected chi connectivity index (χ3v) is 2.37. The van der Waals surface area contributed by atoms with Crippen LogP contribution in [0.2, 0.25) is 0 Å². The molecule has 0 atom stereocenters. The number of benzene rings is 1. The summed E-state index contributed by atoms with van der Waals surface area (Å²) in [5, 5.41) is 6.46. The molecule has 14 heavy (non-hydrogen) atoms. The minimum Gasteiger partial charge on any atom is -0.383 e. The van der Waals surface area contributed by atoms with Crippen molar-refractivity contribution in [1.29, 1.82) is 0 Å². The predicted molar refractivity (Wildman–Crippen MR) is 63.1 cm³/mol. The number of halogens is 1. The molecule has 1 rings (SSSR count). The van der Waals surface area contributed by atoms with Crippen molar-refractivity contribution in [2.75, 3.05) is 24.4 Å². The van der Waals surface area contributed by atoms with Crippen LogP contribution < -0.4 is 10.6 Å². The number of hydrogen-bond acceptors (Lipinski definition) is 2. The summed E-state index contributed by atoms with van der Waals surface area (Å²) in [4.78, 5) is 0. The third-order valence-electron chi connectivity index (χ3n) is 2.18. The molecule has 0 aliphatic heterocycles. The Kier molecular flexibility index (Phi) is 4.77. The minimum atomic E-state index is 0.508. The summed E-state index contributed by atoms with van der Waals surface area (Å²) >= 11 is 5.51. The number of rotatable bonds is 5. The molecule has 1 aromatic carbocycles. The van der Waals surface area contributed by atoms with Crippen molar-refractivity contribution in [3.63, 3.8) is 0 Å². The van der Waals surface area contributed by atoms with E-state index in [2.05, 4.69) is 42.7 Å². The SMILES string of the molecule is Cc1cccc(C)c1NCCNCCl. The van der Waals surface area contributed by atoms with Crippen LogP contribution in [0.1, 0.15) is 11.1 Å².